The summed E-state index contributed by atoms with van der Waals surface area (Å²) in [6.07, 6.45) is 11.2. The first-order valence-corrected chi connectivity index (χ1v) is 8.53. The summed E-state index contributed by atoms with van der Waals surface area (Å²) < 4.78 is 5.77. The Morgan fingerprint density at radius 1 is 1.05 bits per heavy atom. The highest BCUT2D eigenvalue weighted by molar-refractivity contribution is 5.08. The molecule has 2 heteroatoms. The number of rotatable bonds is 9. The first-order chi connectivity index (χ1) is 10.2. The number of hydrogen-bond acceptors (Lipinski definition) is 2. The van der Waals surface area contributed by atoms with Gasteiger partial charge < -0.3 is 9.84 Å². The van der Waals surface area contributed by atoms with Crippen LogP contribution in [0.1, 0.15) is 73.6 Å². The van der Waals surface area contributed by atoms with Gasteiger partial charge in [0.1, 0.15) is 6.10 Å². The third kappa shape index (κ3) is 6.93. The van der Waals surface area contributed by atoms with E-state index in [2.05, 4.69) is 59.8 Å². The largest absolute Gasteiger partial charge is 0.390 e. The second kappa shape index (κ2) is 8.69. The predicted octanol–water partition coefficient (Wildman–Crippen LogP) is 5.33. The Morgan fingerprint density at radius 3 is 2.23 bits per heavy atom. The Labute approximate surface area is 137 Å². The fourth-order valence-corrected chi connectivity index (χ4v) is 2.73. The van der Waals surface area contributed by atoms with Crippen molar-refractivity contribution in [2.75, 3.05) is 0 Å². The second-order valence-corrected chi connectivity index (χ2v) is 7.34. The molecule has 0 aliphatic carbocycles. The van der Waals surface area contributed by atoms with E-state index in [4.69, 9.17) is 4.74 Å². The smallest absolute Gasteiger partial charge is 0.113 e. The molecule has 1 N–H and O–H groups in total. The number of ether oxygens (including phenoxy) is 1. The quantitative estimate of drug-likeness (QED) is 0.461. The fourth-order valence-electron chi connectivity index (χ4n) is 2.73. The first kappa shape index (κ1) is 19.2. The summed E-state index contributed by atoms with van der Waals surface area (Å²) >= 11 is 0. The lowest BCUT2D eigenvalue weighted by Gasteiger charge is -2.09. The number of allylic oxidation sites excluding steroid dienone is 5. The van der Waals surface area contributed by atoms with Crippen LogP contribution in [0.25, 0.3) is 0 Å². The summed E-state index contributed by atoms with van der Waals surface area (Å²) in [4.78, 5) is 0. The monoisotopic (exact) mass is 306 g/mol. The lowest BCUT2D eigenvalue weighted by molar-refractivity contribution is 0.137. The molecule has 1 rings (SSSR count). The van der Waals surface area contributed by atoms with Crippen LogP contribution in [0.5, 0.6) is 0 Å². The zero-order valence-electron chi connectivity index (χ0n) is 15.3. The van der Waals surface area contributed by atoms with Gasteiger partial charge in [0, 0.05) is 0 Å². The molecule has 2 nitrogen and oxygen atoms in total. The zero-order valence-corrected chi connectivity index (χ0v) is 15.3. The van der Waals surface area contributed by atoms with E-state index in [1.165, 1.54) is 16.7 Å². The van der Waals surface area contributed by atoms with Gasteiger partial charge in [-0.25, -0.2) is 0 Å². The molecule has 0 aromatic rings. The van der Waals surface area contributed by atoms with Crippen molar-refractivity contribution in [3.63, 3.8) is 0 Å². The molecule has 1 aliphatic rings. The predicted molar refractivity (Wildman–Crippen MR) is 95.0 cm³/mol. The molecule has 1 fully saturated rings. The molecule has 0 radical (unpaired) electrons. The molecule has 0 saturated carbocycles. The van der Waals surface area contributed by atoms with Crippen molar-refractivity contribution in [2.45, 2.75) is 91.5 Å². The first-order valence-electron chi connectivity index (χ1n) is 8.53. The van der Waals surface area contributed by atoms with Crippen molar-refractivity contribution < 1.29 is 9.84 Å². The molecule has 1 heterocycles. The van der Waals surface area contributed by atoms with E-state index in [0.29, 0.717) is 6.42 Å². The minimum absolute atomic E-state index is 0.0000978. The third-order valence-electron chi connectivity index (χ3n) is 4.28. The molecular formula is C20H34O2. The SMILES string of the molecule is CC(C)=CCCC(C)=CCC(O)C1OC1(C)CCC=C(C)C. The van der Waals surface area contributed by atoms with Gasteiger partial charge >= 0.3 is 0 Å². The van der Waals surface area contributed by atoms with Crippen LogP contribution in [0.4, 0.5) is 0 Å². The fraction of sp³-hybridized carbons (Fsp3) is 0.700. The van der Waals surface area contributed by atoms with Crippen LogP contribution in [0.15, 0.2) is 34.9 Å². The molecule has 22 heavy (non-hydrogen) atoms. The van der Waals surface area contributed by atoms with Gasteiger partial charge in [-0.3, -0.25) is 0 Å². The Bertz CT molecular complexity index is 437. The molecule has 1 saturated heterocycles. The van der Waals surface area contributed by atoms with Crippen molar-refractivity contribution in [2.24, 2.45) is 0 Å². The summed E-state index contributed by atoms with van der Waals surface area (Å²) in [5.41, 5.74) is 3.93. The van der Waals surface area contributed by atoms with Crippen molar-refractivity contribution >= 4 is 0 Å². The number of epoxide rings is 1. The van der Waals surface area contributed by atoms with Gasteiger partial charge in [0.05, 0.1) is 11.7 Å². The molecule has 3 atom stereocenters. The van der Waals surface area contributed by atoms with Crippen molar-refractivity contribution in [3.8, 4) is 0 Å². The lowest BCUT2D eigenvalue weighted by atomic mass is 9.95. The minimum Gasteiger partial charge on any atom is -0.390 e. The molecule has 0 bridgehead atoms. The number of aliphatic hydroxyl groups is 1. The molecule has 126 valence electrons. The van der Waals surface area contributed by atoms with Crippen LogP contribution < -0.4 is 0 Å². The van der Waals surface area contributed by atoms with Crippen LogP contribution in [-0.2, 0) is 4.74 Å². The Kier molecular flexibility index (Phi) is 7.58. The third-order valence-corrected chi connectivity index (χ3v) is 4.28. The number of hydrogen-bond donors (Lipinski definition) is 1. The average Bonchev–Trinajstić information content (AvgIpc) is 3.07. The van der Waals surface area contributed by atoms with E-state index in [-0.39, 0.29) is 17.8 Å². The minimum atomic E-state index is -0.380. The molecule has 0 spiro atoms. The van der Waals surface area contributed by atoms with E-state index >= 15 is 0 Å². The van der Waals surface area contributed by atoms with Gasteiger partial charge in [0.2, 0.25) is 0 Å². The van der Waals surface area contributed by atoms with Crippen LogP contribution in [0.2, 0.25) is 0 Å². The summed E-state index contributed by atoms with van der Waals surface area (Å²) in [5, 5.41) is 10.3. The normalized spacial score (nSPS) is 25.6. The maximum absolute atomic E-state index is 10.3. The Balaban J connectivity index is 2.33. The van der Waals surface area contributed by atoms with E-state index in [9.17, 15) is 5.11 Å². The molecule has 0 amide bonds. The maximum atomic E-state index is 10.3. The van der Waals surface area contributed by atoms with Gasteiger partial charge in [-0.15, -0.1) is 0 Å². The molecule has 3 unspecified atom stereocenters. The van der Waals surface area contributed by atoms with Crippen molar-refractivity contribution in [1.82, 2.24) is 0 Å². The van der Waals surface area contributed by atoms with Crippen LogP contribution in [0, 0.1) is 0 Å². The standard InChI is InChI=1S/C20H34O2/c1-15(2)9-7-11-17(5)12-13-18(21)19-20(6,22-19)14-8-10-16(3)4/h9-10,12,18-19,21H,7-8,11,13-14H2,1-6H3. The van der Waals surface area contributed by atoms with E-state index in [0.717, 1.165) is 25.7 Å². The van der Waals surface area contributed by atoms with Crippen LogP contribution in [0.3, 0.4) is 0 Å². The molecule has 0 aromatic heterocycles. The molecular weight excluding hydrogens is 272 g/mol. The lowest BCUT2D eigenvalue weighted by Crippen LogP contribution is -2.21. The van der Waals surface area contributed by atoms with Gasteiger partial charge in [-0.2, -0.15) is 0 Å². The Hall–Kier alpha value is -0.860. The van der Waals surface area contributed by atoms with E-state index in [1.807, 2.05) is 0 Å². The highest BCUT2D eigenvalue weighted by Crippen LogP contribution is 2.43. The second-order valence-electron chi connectivity index (χ2n) is 7.34. The molecule has 1 aliphatic heterocycles. The summed E-state index contributed by atoms with van der Waals surface area (Å²) in [7, 11) is 0. The zero-order chi connectivity index (χ0) is 16.8. The molecule has 0 aromatic carbocycles. The summed E-state index contributed by atoms with van der Waals surface area (Å²) in [6.45, 7) is 12.8. The van der Waals surface area contributed by atoms with E-state index in [1.54, 1.807) is 0 Å². The van der Waals surface area contributed by atoms with E-state index < -0.39 is 0 Å². The van der Waals surface area contributed by atoms with Gasteiger partial charge in [0.15, 0.2) is 0 Å². The van der Waals surface area contributed by atoms with Gasteiger partial charge in [-0.1, -0.05) is 34.9 Å². The summed E-state index contributed by atoms with van der Waals surface area (Å²) in [5.74, 6) is 0. The highest BCUT2D eigenvalue weighted by atomic mass is 16.6. The average molecular weight is 306 g/mol. The maximum Gasteiger partial charge on any atom is 0.113 e. The van der Waals surface area contributed by atoms with Crippen LogP contribution >= 0.6 is 0 Å². The summed E-state index contributed by atoms with van der Waals surface area (Å²) in [6, 6.07) is 0. The topological polar surface area (TPSA) is 32.8 Å². The van der Waals surface area contributed by atoms with Crippen molar-refractivity contribution in [3.05, 3.63) is 34.9 Å². The Morgan fingerprint density at radius 2 is 1.64 bits per heavy atom. The number of aliphatic hydroxyl groups excluding tert-OH is 1. The van der Waals surface area contributed by atoms with Crippen molar-refractivity contribution in [1.29, 1.82) is 0 Å². The highest BCUT2D eigenvalue weighted by Gasteiger charge is 2.54. The van der Waals surface area contributed by atoms with Gasteiger partial charge in [0.25, 0.3) is 0 Å². The van der Waals surface area contributed by atoms with Gasteiger partial charge in [-0.05, 0) is 73.6 Å². The van der Waals surface area contributed by atoms with Crippen LogP contribution in [-0.4, -0.2) is 22.9 Å².